The van der Waals surface area contributed by atoms with Gasteiger partial charge in [-0.1, -0.05) is 11.6 Å². The normalized spacial score (nSPS) is 14.6. The van der Waals surface area contributed by atoms with Gasteiger partial charge in [-0.25, -0.2) is 4.68 Å². The van der Waals surface area contributed by atoms with E-state index in [-0.39, 0.29) is 0 Å². The van der Waals surface area contributed by atoms with Crippen molar-refractivity contribution in [1.29, 1.82) is 0 Å². The highest BCUT2D eigenvalue weighted by molar-refractivity contribution is 6.30. The molecule has 0 unspecified atom stereocenters. The highest BCUT2D eigenvalue weighted by Crippen LogP contribution is 2.28. The third kappa shape index (κ3) is 0.239. The number of nitrogens with zero attached hydrogens (tertiary/aromatic N) is 2. The van der Waals surface area contributed by atoms with Crippen LogP contribution in [0.25, 0.3) is 0 Å². The molecule has 0 N–H and O–H groups in total. The first-order valence-electron chi connectivity index (χ1n) is 2.22. The topological polar surface area (TPSA) is 9.86 Å². The van der Waals surface area contributed by atoms with Crippen LogP contribution >= 0.6 is 11.6 Å². The zero-order chi connectivity index (χ0) is 5.02. The largest absolute Gasteiger partial charge is 0.262 e. The van der Waals surface area contributed by atoms with E-state index in [9.17, 15) is 0 Å². The summed E-state index contributed by atoms with van der Waals surface area (Å²) >= 11 is 5.66. The summed E-state index contributed by atoms with van der Waals surface area (Å²) in [7, 11) is 0. The molecule has 7 heavy (non-hydrogen) atoms. The molecule has 1 aliphatic rings. The van der Waals surface area contributed by atoms with Gasteiger partial charge in [-0.05, 0) is 6.92 Å². The van der Waals surface area contributed by atoms with Crippen LogP contribution in [0.5, 0.6) is 0 Å². The van der Waals surface area contributed by atoms with Gasteiger partial charge in [-0.2, -0.15) is 0 Å². The highest BCUT2D eigenvalue weighted by Gasteiger charge is 2.26. The van der Waals surface area contributed by atoms with Crippen LogP contribution in [0, 0.1) is 6.92 Å². The molecule has 0 spiro atoms. The molecule has 0 aromatic carbocycles. The van der Waals surface area contributed by atoms with Crippen molar-refractivity contribution in [3.8, 4) is 0 Å². The standard InChI is InChI=1S/C4H5ClN2/c1-3-4(5)7-2-6(3)7/h2H2,1H3. The van der Waals surface area contributed by atoms with E-state index >= 15 is 0 Å². The summed E-state index contributed by atoms with van der Waals surface area (Å²) in [5.74, 6) is 0. The van der Waals surface area contributed by atoms with Crippen LogP contribution in [0.3, 0.4) is 0 Å². The zero-order valence-corrected chi connectivity index (χ0v) is 4.74. The van der Waals surface area contributed by atoms with Gasteiger partial charge in [0, 0.05) is 0 Å². The fourth-order valence-electron chi connectivity index (χ4n) is 0.802. The lowest BCUT2D eigenvalue weighted by Gasteiger charge is -1.97. The fraction of sp³-hybridized carbons (Fsp3) is 0.500. The van der Waals surface area contributed by atoms with E-state index in [1.807, 2.05) is 11.6 Å². The van der Waals surface area contributed by atoms with Gasteiger partial charge >= 0.3 is 0 Å². The van der Waals surface area contributed by atoms with Gasteiger partial charge in [0.15, 0.2) is 0 Å². The summed E-state index contributed by atoms with van der Waals surface area (Å²) in [5, 5.41) is 0.917. The third-order valence-electron chi connectivity index (χ3n) is 1.39. The first-order chi connectivity index (χ1) is 3.30. The zero-order valence-electron chi connectivity index (χ0n) is 3.98. The second kappa shape index (κ2) is 0.757. The number of hydrogen-bond donors (Lipinski definition) is 0. The maximum Gasteiger partial charge on any atom is 0.146 e. The van der Waals surface area contributed by atoms with Crippen molar-refractivity contribution >= 4 is 11.6 Å². The molecule has 0 radical (unpaired) electrons. The van der Waals surface area contributed by atoms with Gasteiger partial charge in [0.1, 0.15) is 11.8 Å². The summed E-state index contributed by atoms with van der Waals surface area (Å²) in [6.07, 6.45) is 0. The van der Waals surface area contributed by atoms with E-state index in [0.29, 0.717) is 0 Å². The molecule has 0 atom stereocenters. The average molecular weight is 117 g/mol. The average Bonchev–Trinajstić information content (AvgIpc) is 2.39. The van der Waals surface area contributed by atoms with Crippen molar-refractivity contribution in [2.24, 2.45) is 0 Å². The Hall–Kier alpha value is -0.370. The molecule has 0 saturated carbocycles. The summed E-state index contributed by atoms with van der Waals surface area (Å²) in [4.78, 5) is 0. The minimum atomic E-state index is 0.917. The van der Waals surface area contributed by atoms with Crippen molar-refractivity contribution in [2.75, 3.05) is 0 Å². The second-order valence-electron chi connectivity index (χ2n) is 1.82. The van der Waals surface area contributed by atoms with Crippen molar-refractivity contribution in [1.82, 2.24) is 9.36 Å². The second-order valence-corrected chi connectivity index (χ2v) is 2.17. The highest BCUT2D eigenvalue weighted by atomic mass is 35.5. The summed E-state index contributed by atoms with van der Waals surface area (Å²) < 4.78 is 4.12. The van der Waals surface area contributed by atoms with Crippen LogP contribution in [0.1, 0.15) is 5.69 Å². The maximum atomic E-state index is 5.66. The fourth-order valence-corrected chi connectivity index (χ4v) is 1.04. The Labute approximate surface area is 46.3 Å². The van der Waals surface area contributed by atoms with E-state index in [1.54, 1.807) is 0 Å². The molecule has 2 heterocycles. The lowest BCUT2D eigenvalue weighted by atomic mass is 10.5. The Balaban J connectivity index is 2.63. The SMILES string of the molecule is Cc1c(Cl)n2n1C2. The van der Waals surface area contributed by atoms with Gasteiger partial charge in [0.05, 0.1) is 5.69 Å². The first kappa shape index (κ1) is 3.61. The minimum Gasteiger partial charge on any atom is -0.262 e. The van der Waals surface area contributed by atoms with Crippen LogP contribution in [0.4, 0.5) is 0 Å². The molecule has 0 saturated heterocycles. The molecule has 2 nitrogen and oxygen atoms in total. The van der Waals surface area contributed by atoms with E-state index in [1.165, 1.54) is 5.69 Å². The molecule has 1 aliphatic heterocycles. The molecular formula is C4H5ClN2. The quantitative estimate of drug-likeness (QED) is 0.487. The molecule has 1 aromatic rings. The predicted molar refractivity (Wildman–Crippen MR) is 27.6 cm³/mol. The lowest BCUT2D eigenvalue weighted by Crippen LogP contribution is -1.92. The number of halogens is 1. The van der Waals surface area contributed by atoms with Crippen molar-refractivity contribution < 1.29 is 0 Å². The number of aromatic nitrogens is 2. The molecule has 0 bridgehead atoms. The summed E-state index contributed by atoms with van der Waals surface area (Å²) in [6, 6.07) is 0. The van der Waals surface area contributed by atoms with Crippen LogP contribution < -0.4 is 0 Å². The van der Waals surface area contributed by atoms with E-state index in [2.05, 4.69) is 4.68 Å². The Morgan fingerprint density at radius 1 is 1.57 bits per heavy atom. The molecule has 3 heteroatoms. The van der Waals surface area contributed by atoms with Gasteiger partial charge < -0.3 is 0 Å². The van der Waals surface area contributed by atoms with Crippen LogP contribution in [-0.2, 0) is 6.67 Å². The minimum absolute atomic E-state index is 0.917. The van der Waals surface area contributed by atoms with Crippen molar-refractivity contribution in [3.63, 3.8) is 0 Å². The molecule has 0 fully saturated rings. The first-order valence-corrected chi connectivity index (χ1v) is 2.60. The van der Waals surface area contributed by atoms with Gasteiger partial charge in [-0.15, -0.1) is 0 Å². The van der Waals surface area contributed by atoms with Gasteiger partial charge in [-0.3, -0.25) is 4.68 Å². The Morgan fingerprint density at radius 3 is 2.43 bits per heavy atom. The van der Waals surface area contributed by atoms with Crippen LogP contribution in [-0.4, -0.2) is 9.36 Å². The van der Waals surface area contributed by atoms with E-state index in [0.717, 1.165) is 11.8 Å². The van der Waals surface area contributed by atoms with E-state index in [4.69, 9.17) is 11.6 Å². The van der Waals surface area contributed by atoms with Crippen LogP contribution in [0.2, 0.25) is 5.15 Å². The summed E-state index contributed by atoms with van der Waals surface area (Å²) in [5.41, 5.74) is 1.21. The Bertz CT molecular complexity index is 187. The smallest absolute Gasteiger partial charge is 0.146 e. The number of hydrogen-bond acceptors (Lipinski definition) is 0. The molecule has 0 aliphatic carbocycles. The molecule has 0 amide bonds. The molecular weight excluding hydrogens is 112 g/mol. The number of fused-ring (bicyclic) bond motifs is 1. The molecule has 1 aromatic heterocycles. The monoisotopic (exact) mass is 116 g/mol. The van der Waals surface area contributed by atoms with E-state index < -0.39 is 0 Å². The van der Waals surface area contributed by atoms with Crippen LogP contribution in [0.15, 0.2) is 0 Å². The Kier molecular flexibility index (Phi) is 0.390. The molecule has 38 valence electrons. The summed E-state index contributed by atoms with van der Waals surface area (Å²) in [6.45, 7) is 3.04. The van der Waals surface area contributed by atoms with Crippen molar-refractivity contribution in [3.05, 3.63) is 10.8 Å². The number of rotatable bonds is 0. The van der Waals surface area contributed by atoms with Crippen molar-refractivity contribution in [2.45, 2.75) is 13.6 Å². The Morgan fingerprint density at radius 2 is 2.29 bits per heavy atom. The maximum absolute atomic E-state index is 5.66. The third-order valence-corrected chi connectivity index (χ3v) is 1.86. The lowest BCUT2D eigenvalue weighted by molar-refractivity contribution is 0.901. The van der Waals surface area contributed by atoms with Gasteiger partial charge in [0.25, 0.3) is 0 Å². The van der Waals surface area contributed by atoms with Gasteiger partial charge in [0.2, 0.25) is 0 Å². The molecule has 2 rings (SSSR count). The predicted octanol–water partition coefficient (Wildman–Crippen LogP) is 1.07.